The Hall–Kier alpha value is -2.04. The van der Waals surface area contributed by atoms with Crippen LogP contribution in [-0.4, -0.2) is 20.1 Å². The van der Waals surface area contributed by atoms with Crippen LogP contribution in [0.4, 0.5) is 5.69 Å². The molecule has 0 saturated heterocycles. The average molecular weight is 176 g/mol. The van der Waals surface area contributed by atoms with E-state index in [0.717, 1.165) is 0 Å². The molecule has 0 atom stereocenters. The van der Waals surface area contributed by atoms with Crippen molar-refractivity contribution in [3.8, 4) is 11.4 Å². The molecule has 0 radical (unpaired) electrons. The van der Waals surface area contributed by atoms with Crippen LogP contribution in [0.15, 0.2) is 30.6 Å². The molecule has 0 aliphatic carbocycles. The van der Waals surface area contributed by atoms with Crippen LogP contribution < -0.4 is 5.73 Å². The van der Waals surface area contributed by atoms with Gasteiger partial charge in [0.15, 0.2) is 0 Å². The van der Waals surface area contributed by atoms with Crippen LogP contribution in [0, 0.1) is 0 Å². The van der Waals surface area contributed by atoms with Gasteiger partial charge < -0.3 is 10.8 Å². The maximum Gasteiger partial charge on any atom is 0.140 e. The molecular weight excluding hydrogens is 168 g/mol. The zero-order valence-corrected chi connectivity index (χ0v) is 6.75. The number of nitrogens with zero attached hydrogens (tertiary/aromatic N) is 3. The maximum atomic E-state index is 9.31. The largest absolute Gasteiger partial charge is 0.506 e. The van der Waals surface area contributed by atoms with E-state index in [0.29, 0.717) is 5.69 Å². The molecule has 1 heterocycles. The smallest absolute Gasteiger partial charge is 0.140 e. The molecular formula is C8H8N4O. The summed E-state index contributed by atoms with van der Waals surface area (Å²) in [5.74, 6) is 0.0369. The van der Waals surface area contributed by atoms with Gasteiger partial charge in [0.2, 0.25) is 0 Å². The minimum Gasteiger partial charge on any atom is -0.506 e. The van der Waals surface area contributed by atoms with Gasteiger partial charge in [-0.05, 0) is 12.1 Å². The standard InChI is InChI=1S/C8H8N4O/c9-8-6(2-1-3-7(8)13)12-10-4-5-11-12/h1-5,13H,9H2. The number of para-hydroxylation sites is 1. The second-order valence-electron chi connectivity index (χ2n) is 2.53. The Morgan fingerprint density at radius 2 is 1.92 bits per heavy atom. The number of rotatable bonds is 1. The van der Waals surface area contributed by atoms with Gasteiger partial charge in [-0.2, -0.15) is 10.2 Å². The lowest BCUT2D eigenvalue weighted by Crippen LogP contribution is -2.02. The molecule has 0 bridgehead atoms. The first-order chi connectivity index (χ1) is 6.29. The Balaban J connectivity index is 2.59. The van der Waals surface area contributed by atoms with Crippen molar-refractivity contribution in [2.45, 2.75) is 0 Å². The number of nitrogens with two attached hydrogens (primary N) is 1. The molecule has 5 heteroatoms. The van der Waals surface area contributed by atoms with Crippen molar-refractivity contribution in [3.63, 3.8) is 0 Å². The van der Waals surface area contributed by atoms with Gasteiger partial charge in [-0.1, -0.05) is 6.07 Å². The topological polar surface area (TPSA) is 77.0 Å². The molecule has 3 N–H and O–H groups in total. The highest BCUT2D eigenvalue weighted by Gasteiger charge is 2.05. The number of benzene rings is 1. The maximum absolute atomic E-state index is 9.31. The molecule has 1 aromatic carbocycles. The molecule has 0 fully saturated rings. The highest BCUT2D eigenvalue weighted by Crippen LogP contribution is 2.25. The monoisotopic (exact) mass is 176 g/mol. The second-order valence-corrected chi connectivity index (χ2v) is 2.53. The van der Waals surface area contributed by atoms with Gasteiger partial charge in [0.25, 0.3) is 0 Å². The molecule has 13 heavy (non-hydrogen) atoms. The number of phenolic OH excluding ortho intramolecular Hbond substituents is 1. The van der Waals surface area contributed by atoms with Crippen LogP contribution >= 0.6 is 0 Å². The molecule has 0 aliphatic heterocycles. The van der Waals surface area contributed by atoms with Gasteiger partial charge in [0.1, 0.15) is 17.1 Å². The molecule has 0 unspecified atom stereocenters. The predicted molar refractivity (Wildman–Crippen MR) is 47.4 cm³/mol. The van der Waals surface area contributed by atoms with Gasteiger partial charge in [0, 0.05) is 0 Å². The fraction of sp³-hybridized carbons (Fsp3) is 0. The fourth-order valence-electron chi connectivity index (χ4n) is 1.06. The fourth-order valence-corrected chi connectivity index (χ4v) is 1.06. The summed E-state index contributed by atoms with van der Waals surface area (Å²) in [7, 11) is 0. The highest BCUT2D eigenvalue weighted by atomic mass is 16.3. The average Bonchev–Trinajstić information content (AvgIpc) is 2.62. The summed E-state index contributed by atoms with van der Waals surface area (Å²) in [6, 6.07) is 4.93. The lowest BCUT2D eigenvalue weighted by atomic mass is 10.2. The Morgan fingerprint density at radius 3 is 2.62 bits per heavy atom. The normalized spacial score (nSPS) is 10.2. The Kier molecular flexibility index (Phi) is 1.63. The van der Waals surface area contributed by atoms with Crippen LogP contribution in [0.1, 0.15) is 0 Å². The third-order valence-electron chi connectivity index (χ3n) is 1.69. The third kappa shape index (κ3) is 1.20. The molecule has 1 aromatic heterocycles. The van der Waals surface area contributed by atoms with E-state index in [4.69, 9.17) is 5.73 Å². The van der Waals surface area contributed by atoms with E-state index in [2.05, 4.69) is 10.2 Å². The molecule has 0 aliphatic rings. The molecule has 0 saturated carbocycles. The van der Waals surface area contributed by atoms with Gasteiger partial charge in [-0.25, -0.2) is 0 Å². The third-order valence-corrected chi connectivity index (χ3v) is 1.69. The van der Waals surface area contributed by atoms with Gasteiger partial charge in [-0.15, -0.1) is 4.80 Å². The predicted octanol–water partition coefficient (Wildman–Crippen LogP) is 0.555. The molecule has 0 amide bonds. The second kappa shape index (κ2) is 2.78. The van der Waals surface area contributed by atoms with E-state index in [-0.39, 0.29) is 11.4 Å². The molecule has 66 valence electrons. The van der Waals surface area contributed by atoms with Gasteiger partial charge in [-0.3, -0.25) is 0 Å². The van der Waals surface area contributed by atoms with E-state index in [9.17, 15) is 5.11 Å². The number of hydrogen-bond donors (Lipinski definition) is 2. The lowest BCUT2D eigenvalue weighted by Gasteiger charge is -2.04. The molecule has 2 aromatic rings. The number of hydrogen-bond acceptors (Lipinski definition) is 4. The Morgan fingerprint density at radius 1 is 1.23 bits per heavy atom. The summed E-state index contributed by atoms with van der Waals surface area (Å²) in [4.78, 5) is 1.36. The summed E-state index contributed by atoms with van der Waals surface area (Å²) in [5, 5.41) is 17.1. The molecule has 2 rings (SSSR count). The first-order valence-corrected chi connectivity index (χ1v) is 3.73. The van der Waals surface area contributed by atoms with Crippen molar-refractivity contribution in [3.05, 3.63) is 30.6 Å². The highest BCUT2D eigenvalue weighted by molar-refractivity contribution is 5.64. The summed E-state index contributed by atoms with van der Waals surface area (Å²) in [6.07, 6.45) is 3.09. The van der Waals surface area contributed by atoms with Crippen molar-refractivity contribution in [2.24, 2.45) is 0 Å². The van der Waals surface area contributed by atoms with Crippen LogP contribution in [0.25, 0.3) is 5.69 Å². The summed E-state index contributed by atoms with van der Waals surface area (Å²) >= 11 is 0. The van der Waals surface area contributed by atoms with E-state index < -0.39 is 0 Å². The quantitative estimate of drug-likeness (QED) is 0.491. The van der Waals surface area contributed by atoms with Crippen molar-refractivity contribution >= 4 is 5.69 Å². The summed E-state index contributed by atoms with van der Waals surface area (Å²) < 4.78 is 0. The first kappa shape index (κ1) is 7.60. The van der Waals surface area contributed by atoms with E-state index in [1.54, 1.807) is 24.5 Å². The summed E-state index contributed by atoms with van der Waals surface area (Å²) in [6.45, 7) is 0. The van der Waals surface area contributed by atoms with E-state index in [1.165, 1.54) is 10.9 Å². The van der Waals surface area contributed by atoms with Crippen LogP contribution in [0.5, 0.6) is 5.75 Å². The molecule has 5 nitrogen and oxygen atoms in total. The minimum atomic E-state index is 0.0369. The number of aromatic hydroxyl groups is 1. The van der Waals surface area contributed by atoms with Gasteiger partial charge in [0.05, 0.1) is 12.4 Å². The minimum absolute atomic E-state index is 0.0369. The van der Waals surface area contributed by atoms with Crippen molar-refractivity contribution in [1.29, 1.82) is 0 Å². The van der Waals surface area contributed by atoms with Crippen LogP contribution in [0.2, 0.25) is 0 Å². The van der Waals surface area contributed by atoms with Crippen molar-refractivity contribution in [2.75, 3.05) is 5.73 Å². The summed E-state index contributed by atoms with van der Waals surface area (Å²) in [5.41, 5.74) is 6.47. The van der Waals surface area contributed by atoms with Crippen LogP contribution in [0.3, 0.4) is 0 Å². The van der Waals surface area contributed by atoms with Gasteiger partial charge >= 0.3 is 0 Å². The number of anilines is 1. The first-order valence-electron chi connectivity index (χ1n) is 3.73. The Bertz CT molecular complexity index is 410. The zero-order chi connectivity index (χ0) is 9.26. The van der Waals surface area contributed by atoms with E-state index in [1.807, 2.05) is 0 Å². The van der Waals surface area contributed by atoms with Crippen molar-refractivity contribution in [1.82, 2.24) is 15.0 Å². The van der Waals surface area contributed by atoms with E-state index >= 15 is 0 Å². The van der Waals surface area contributed by atoms with Crippen molar-refractivity contribution < 1.29 is 5.11 Å². The van der Waals surface area contributed by atoms with Crippen LogP contribution in [-0.2, 0) is 0 Å². The lowest BCUT2D eigenvalue weighted by molar-refractivity contribution is 0.477. The zero-order valence-electron chi connectivity index (χ0n) is 6.75. The Labute approximate surface area is 74.4 Å². The molecule has 0 spiro atoms. The number of nitrogen functional groups attached to an aromatic ring is 1. The number of aromatic nitrogens is 3. The number of phenols is 1. The SMILES string of the molecule is Nc1c(O)cccc1-n1nccn1.